The molecule has 0 atom stereocenters. The lowest BCUT2D eigenvalue weighted by Gasteiger charge is -2.40. The van der Waals surface area contributed by atoms with Gasteiger partial charge in [-0.05, 0) is 30.3 Å². The van der Waals surface area contributed by atoms with Crippen LogP contribution in [0.2, 0.25) is 0 Å². The van der Waals surface area contributed by atoms with E-state index >= 15 is 0 Å². The molecule has 0 saturated heterocycles. The summed E-state index contributed by atoms with van der Waals surface area (Å²) in [5.41, 5.74) is 1.44. The van der Waals surface area contributed by atoms with Crippen molar-refractivity contribution in [1.82, 2.24) is 4.65 Å². The van der Waals surface area contributed by atoms with E-state index in [4.69, 9.17) is 0 Å². The minimum absolute atomic E-state index is 0.327. The van der Waals surface area contributed by atoms with Crippen molar-refractivity contribution in [2.75, 3.05) is 6.54 Å². The van der Waals surface area contributed by atoms with Gasteiger partial charge in [-0.2, -0.15) is 0 Å². The van der Waals surface area contributed by atoms with Gasteiger partial charge in [0.2, 0.25) is 0 Å². The fraction of sp³-hybridized carbons (Fsp3) is 0.0667. The normalized spacial score (nSPS) is 11.1. The van der Waals surface area contributed by atoms with Gasteiger partial charge in [-0.3, -0.25) is 4.65 Å². The van der Waals surface area contributed by atoms with Crippen LogP contribution in [0.25, 0.3) is 0 Å². The second-order valence-electron chi connectivity index (χ2n) is 3.88. The van der Waals surface area contributed by atoms with Crippen LogP contribution in [0.5, 0.6) is 0 Å². The fourth-order valence-electron chi connectivity index (χ4n) is 1.88. The zero-order valence-electron chi connectivity index (χ0n) is 9.62. The first-order valence-electron chi connectivity index (χ1n) is 5.58. The number of hydrogen-bond acceptors (Lipinski definition) is 1. The Balaban J connectivity index is 2.50. The SMILES string of the molecule is C=CC[N+]([O-])(c1ccccc1)c1ccccc1. The molecule has 0 heterocycles. The minimum atomic E-state index is -0.495. The van der Waals surface area contributed by atoms with Gasteiger partial charge < -0.3 is 5.21 Å². The number of para-hydroxylation sites is 2. The number of benzene rings is 2. The van der Waals surface area contributed by atoms with E-state index in [1.54, 1.807) is 6.08 Å². The van der Waals surface area contributed by atoms with E-state index < -0.39 is 4.65 Å². The fourth-order valence-corrected chi connectivity index (χ4v) is 1.88. The Morgan fingerprint density at radius 2 is 1.29 bits per heavy atom. The van der Waals surface area contributed by atoms with E-state index in [0.717, 1.165) is 11.4 Å². The molecule has 2 aromatic rings. The molecule has 0 unspecified atom stereocenters. The summed E-state index contributed by atoms with van der Waals surface area (Å²) < 4.78 is -0.495. The molecule has 0 aliphatic heterocycles. The van der Waals surface area contributed by atoms with Crippen molar-refractivity contribution in [2.24, 2.45) is 0 Å². The predicted molar refractivity (Wildman–Crippen MR) is 72.8 cm³/mol. The van der Waals surface area contributed by atoms with Crippen molar-refractivity contribution >= 4 is 11.4 Å². The van der Waals surface area contributed by atoms with Crippen LogP contribution in [-0.2, 0) is 0 Å². The van der Waals surface area contributed by atoms with Gasteiger partial charge in [-0.25, -0.2) is 0 Å². The minimum Gasteiger partial charge on any atom is -0.622 e. The molecular formula is C15H15NO. The highest BCUT2D eigenvalue weighted by atomic mass is 16.5. The van der Waals surface area contributed by atoms with Crippen LogP contribution >= 0.6 is 0 Å². The number of hydrogen-bond donors (Lipinski definition) is 0. The van der Waals surface area contributed by atoms with E-state index in [1.807, 2.05) is 60.7 Å². The average molecular weight is 225 g/mol. The third kappa shape index (κ3) is 2.28. The molecule has 2 aromatic carbocycles. The summed E-state index contributed by atoms with van der Waals surface area (Å²) in [4.78, 5) is 0. The van der Waals surface area contributed by atoms with Gasteiger partial charge in [0.25, 0.3) is 0 Å². The monoisotopic (exact) mass is 225 g/mol. The molecule has 0 saturated carbocycles. The van der Waals surface area contributed by atoms with Crippen molar-refractivity contribution in [2.45, 2.75) is 0 Å². The van der Waals surface area contributed by atoms with Crippen LogP contribution in [0.3, 0.4) is 0 Å². The first-order chi connectivity index (χ1) is 8.27. The highest BCUT2D eigenvalue weighted by molar-refractivity contribution is 5.59. The lowest BCUT2D eigenvalue weighted by Crippen LogP contribution is -2.37. The van der Waals surface area contributed by atoms with Crippen LogP contribution in [0.4, 0.5) is 11.4 Å². The molecule has 2 heteroatoms. The molecule has 17 heavy (non-hydrogen) atoms. The Morgan fingerprint density at radius 3 is 1.65 bits per heavy atom. The van der Waals surface area contributed by atoms with Crippen molar-refractivity contribution in [3.8, 4) is 0 Å². The second-order valence-corrected chi connectivity index (χ2v) is 3.88. The third-order valence-electron chi connectivity index (χ3n) is 2.73. The number of nitrogens with zero attached hydrogens (tertiary/aromatic N) is 1. The summed E-state index contributed by atoms with van der Waals surface area (Å²) in [5.74, 6) is 0. The van der Waals surface area contributed by atoms with Gasteiger partial charge in [0.05, 0.1) is 0 Å². The van der Waals surface area contributed by atoms with Gasteiger partial charge in [-0.15, -0.1) is 0 Å². The quantitative estimate of drug-likeness (QED) is 0.438. The predicted octanol–water partition coefficient (Wildman–Crippen LogP) is 4.01. The number of hydroxylamine groups is 1. The second kappa shape index (κ2) is 4.95. The summed E-state index contributed by atoms with van der Waals surface area (Å²) in [7, 11) is 0. The molecule has 0 amide bonds. The first-order valence-corrected chi connectivity index (χ1v) is 5.58. The Bertz CT molecular complexity index is 439. The molecule has 2 nitrogen and oxygen atoms in total. The molecule has 2 rings (SSSR count). The first kappa shape index (κ1) is 11.6. The van der Waals surface area contributed by atoms with Crippen LogP contribution in [-0.4, -0.2) is 6.54 Å². The van der Waals surface area contributed by atoms with Crippen molar-refractivity contribution < 1.29 is 0 Å². The Kier molecular flexibility index (Phi) is 3.38. The van der Waals surface area contributed by atoms with Crippen LogP contribution in [0.15, 0.2) is 73.3 Å². The van der Waals surface area contributed by atoms with E-state index in [-0.39, 0.29) is 0 Å². The highest BCUT2D eigenvalue weighted by Gasteiger charge is 2.21. The average Bonchev–Trinajstić information content (AvgIpc) is 2.41. The largest absolute Gasteiger partial charge is 0.622 e. The molecule has 0 N–H and O–H groups in total. The Labute approximate surface area is 102 Å². The highest BCUT2D eigenvalue weighted by Crippen LogP contribution is 2.32. The van der Waals surface area contributed by atoms with Crippen LogP contribution in [0, 0.1) is 5.21 Å². The zero-order valence-corrected chi connectivity index (χ0v) is 9.62. The summed E-state index contributed by atoms with van der Waals surface area (Å²) in [6.07, 6.45) is 1.66. The van der Waals surface area contributed by atoms with E-state index in [9.17, 15) is 5.21 Å². The summed E-state index contributed by atoms with van der Waals surface area (Å²) in [5, 5.41) is 13.0. The molecular weight excluding hydrogens is 210 g/mol. The lowest BCUT2D eigenvalue weighted by molar-refractivity contribution is 0.561. The topological polar surface area (TPSA) is 23.1 Å². The van der Waals surface area contributed by atoms with Crippen LogP contribution < -0.4 is 4.65 Å². The molecule has 0 aliphatic rings. The third-order valence-corrected chi connectivity index (χ3v) is 2.73. The smallest absolute Gasteiger partial charge is 0.138 e. The lowest BCUT2D eigenvalue weighted by atomic mass is 10.2. The molecule has 0 spiro atoms. The molecule has 0 fully saturated rings. The molecule has 86 valence electrons. The van der Waals surface area contributed by atoms with Gasteiger partial charge in [0.1, 0.15) is 17.9 Å². The summed E-state index contributed by atoms with van der Waals surface area (Å²) >= 11 is 0. The number of rotatable bonds is 4. The van der Waals surface area contributed by atoms with Crippen molar-refractivity contribution in [3.05, 3.63) is 78.5 Å². The van der Waals surface area contributed by atoms with Gasteiger partial charge in [0, 0.05) is 0 Å². The maximum Gasteiger partial charge on any atom is 0.138 e. The van der Waals surface area contributed by atoms with Crippen LogP contribution in [0.1, 0.15) is 0 Å². The summed E-state index contributed by atoms with van der Waals surface area (Å²) in [6.45, 7) is 4.01. The van der Waals surface area contributed by atoms with Gasteiger partial charge in [-0.1, -0.05) is 43.0 Å². The maximum atomic E-state index is 13.0. The van der Waals surface area contributed by atoms with Gasteiger partial charge >= 0.3 is 0 Å². The Hall–Kier alpha value is -1.90. The standard InChI is InChI=1S/C15H15NO/c1-2-13-16(17,14-9-5-3-6-10-14)15-11-7-4-8-12-15/h2-12H,1,13H2. The van der Waals surface area contributed by atoms with Crippen molar-refractivity contribution in [1.29, 1.82) is 0 Å². The van der Waals surface area contributed by atoms with Gasteiger partial charge in [0.15, 0.2) is 0 Å². The molecule has 0 bridgehead atoms. The van der Waals surface area contributed by atoms with E-state index in [0.29, 0.717) is 6.54 Å². The number of quaternary nitrogens is 1. The zero-order chi connectivity index (χ0) is 12.1. The van der Waals surface area contributed by atoms with Crippen molar-refractivity contribution in [3.63, 3.8) is 0 Å². The molecule has 0 radical (unpaired) electrons. The molecule has 0 aliphatic carbocycles. The maximum absolute atomic E-state index is 13.0. The Morgan fingerprint density at radius 1 is 0.882 bits per heavy atom. The van der Waals surface area contributed by atoms with E-state index in [2.05, 4.69) is 6.58 Å². The molecule has 0 aromatic heterocycles. The van der Waals surface area contributed by atoms with E-state index in [1.165, 1.54) is 0 Å². The summed E-state index contributed by atoms with van der Waals surface area (Å²) in [6, 6.07) is 18.7.